The van der Waals surface area contributed by atoms with Crippen molar-refractivity contribution in [1.82, 2.24) is 14.9 Å². The Morgan fingerprint density at radius 1 is 1.31 bits per heavy atom. The van der Waals surface area contributed by atoms with Crippen LogP contribution in [0.1, 0.15) is 24.0 Å². The zero-order valence-electron chi connectivity index (χ0n) is 15.7. The van der Waals surface area contributed by atoms with Crippen molar-refractivity contribution in [2.24, 2.45) is 0 Å². The smallest absolute Gasteiger partial charge is 0.407 e. The molecule has 2 aromatic rings. The second-order valence-electron chi connectivity index (χ2n) is 7.13. The summed E-state index contributed by atoms with van der Waals surface area (Å²) in [7, 11) is 0. The molecule has 10 heteroatoms. The van der Waals surface area contributed by atoms with Crippen molar-refractivity contribution < 1.29 is 19.1 Å². The summed E-state index contributed by atoms with van der Waals surface area (Å²) in [4.78, 5) is 37.2. The Bertz CT molecular complexity index is 960. The van der Waals surface area contributed by atoms with Gasteiger partial charge in [-0.15, -0.1) is 0 Å². The Balaban J connectivity index is 1.74. The predicted octanol–water partition coefficient (Wildman–Crippen LogP) is 3.67. The van der Waals surface area contributed by atoms with Crippen LogP contribution in [0.25, 0.3) is 0 Å². The summed E-state index contributed by atoms with van der Waals surface area (Å²) in [5.41, 5.74) is 1.50. The van der Waals surface area contributed by atoms with Gasteiger partial charge in [0.2, 0.25) is 5.28 Å². The number of para-hydroxylation sites is 1. The lowest BCUT2D eigenvalue weighted by Gasteiger charge is -2.43. The van der Waals surface area contributed by atoms with Crippen molar-refractivity contribution in [1.29, 1.82) is 0 Å². The van der Waals surface area contributed by atoms with Gasteiger partial charge in [-0.25, -0.2) is 19.0 Å². The summed E-state index contributed by atoms with van der Waals surface area (Å²) in [6, 6.07) is 3.97. The number of benzene rings is 1. The molecule has 152 valence electrons. The highest BCUT2D eigenvalue weighted by atomic mass is 35.5. The Kier molecular flexibility index (Phi) is 4.99. The number of carbonyl (C=O) groups excluding carboxylic acids is 1. The molecular formula is C19H19ClFN5O3. The third kappa shape index (κ3) is 3.46. The number of halogens is 2. The maximum atomic E-state index is 14.6. The van der Waals surface area contributed by atoms with Crippen LogP contribution >= 0.6 is 11.6 Å². The lowest BCUT2D eigenvalue weighted by atomic mass is 10.0. The first-order valence-electron chi connectivity index (χ1n) is 9.22. The molecule has 0 bridgehead atoms. The van der Waals surface area contributed by atoms with Crippen molar-refractivity contribution in [3.05, 3.63) is 46.6 Å². The van der Waals surface area contributed by atoms with E-state index in [2.05, 4.69) is 9.97 Å². The zero-order chi connectivity index (χ0) is 20.7. The maximum absolute atomic E-state index is 14.6. The van der Waals surface area contributed by atoms with Gasteiger partial charge < -0.3 is 10.0 Å². The molecule has 2 aliphatic heterocycles. The molecule has 1 aromatic carbocycles. The number of hydrogen-bond acceptors (Lipinski definition) is 4. The van der Waals surface area contributed by atoms with Crippen LogP contribution in [-0.4, -0.2) is 51.2 Å². The first-order valence-corrected chi connectivity index (χ1v) is 9.59. The molecule has 2 aliphatic rings. The molecule has 8 nitrogen and oxygen atoms in total. The minimum atomic E-state index is -0.984. The molecule has 4 rings (SSSR count). The van der Waals surface area contributed by atoms with Gasteiger partial charge in [0.05, 0.1) is 12.2 Å². The first kappa shape index (κ1) is 19.4. The summed E-state index contributed by atoms with van der Waals surface area (Å²) in [5, 5.41) is 9.20. The van der Waals surface area contributed by atoms with Gasteiger partial charge in [-0.1, -0.05) is 12.1 Å². The molecule has 3 amide bonds. The third-order valence-electron chi connectivity index (χ3n) is 5.36. The van der Waals surface area contributed by atoms with Gasteiger partial charge in [0.1, 0.15) is 11.6 Å². The van der Waals surface area contributed by atoms with Crippen molar-refractivity contribution in [2.75, 3.05) is 22.9 Å². The summed E-state index contributed by atoms with van der Waals surface area (Å²) < 4.78 is 14.6. The number of aromatic nitrogens is 2. The third-order valence-corrected chi connectivity index (χ3v) is 5.55. The molecule has 1 fully saturated rings. The molecule has 1 aromatic heterocycles. The molecule has 1 N–H and O–H groups in total. The highest BCUT2D eigenvalue weighted by Gasteiger charge is 2.40. The number of hydrogen-bond donors (Lipinski definition) is 1. The number of anilines is 2. The van der Waals surface area contributed by atoms with E-state index in [-0.39, 0.29) is 23.6 Å². The molecule has 0 atom stereocenters. The van der Waals surface area contributed by atoms with Crippen LogP contribution in [0.2, 0.25) is 5.28 Å². The number of fused-ring (bicyclic) bond motifs is 1. The molecule has 0 unspecified atom stereocenters. The number of aryl methyl sites for hydroxylation is 1. The van der Waals surface area contributed by atoms with Gasteiger partial charge in [-0.05, 0) is 43.0 Å². The largest absolute Gasteiger partial charge is 0.465 e. The van der Waals surface area contributed by atoms with E-state index in [1.54, 1.807) is 25.3 Å². The van der Waals surface area contributed by atoms with E-state index in [1.807, 2.05) is 0 Å². The van der Waals surface area contributed by atoms with Crippen LogP contribution in [0.3, 0.4) is 0 Å². The summed E-state index contributed by atoms with van der Waals surface area (Å²) >= 11 is 5.98. The van der Waals surface area contributed by atoms with E-state index in [9.17, 15) is 19.1 Å². The van der Waals surface area contributed by atoms with Crippen LogP contribution in [-0.2, 0) is 6.54 Å². The van der Waals surface area contributed by atoms with E-state index in [4.69, 9.17) is 11.6 Å². The fourth-order valence-electron chi connectivity index (χ4n) is 3.94. The molecule has 3 heterocycles. The lowest BCUT2D eigenvalue weighted by Crippen LogP contribution is -2.56. The highest BCUT2D eigenvalue weighted by molar-refractivity contribution is 6.28. The van der Waals surface area contributed by atoms with Crippen molar-refractivity contribution in [3.63, 3.8) is 0 Å². The normalized spacial score (nSPS) is 17.5. The average molecular weight is 420 g/mol. The van der Waals surface area contributed by atoms with Crippen molar-refractivity contribution >= 4 is 35.2 Å². The van der Waals surface area contributed by atoms with Crippen LogP contribution in [0.15, 0.2) is 24.4 Å². The Morgan fingerprint density at radius 2 is 2.03 bits per heavy atom. The van der Waals surface area contributed by atoms with E-state index < -0.39 is 17.9 Å². The molecule has 29 heavy (non-hydrogen) atoms. The molecule has 0 spiro atoms. The summed E-state index contributed by atoms with van der Waals surface area (Å²) in [6.07, 6.45) is 1.45. The van der Waals surface area contributed by atoms with Crippen LogP contribution in [0, 0.1) is 12.7 Å². The van der Waals surface area contributed by atoms with Crippen LogP contribution < -0.4 is 9.80 Å². The van der Waals surface area contributed by atoms with Gasteiger partial charge >= 0.3 is 12.1 Å². The van der Waals surface area contributed by atoms with Gasteiger partial charge in [0.15, 0.2) is 0 Å². The number of urea groups is 1. The van der Waals surface area contributed by atoms with Crippen molar-refractivity contribution in [3.8, 4) is 0 Å². The summed E-state index contributed by atoms with van der Waals surface area (Å²) in [6.45, 7) is 2.47. The van der Waals surface area contributed by atoms with Crippen molar-refractivity contribution in [2.45, 2.75) is 32.4 Å². The fourth-order valence-corrected chi connectivity index (χ4v) is 4.07. The second-order valence-corrected chi connectivity index (χ2v) is 7.47. The maximum Gasteiger partial charge on any atom is 0.407 e. The monoisotopic (exact) mass is 419 g/mol. The van der Waals surface area contributed by atoms with Gasteiger partial charge in [0.25, 0.3) is 0 Å². The van der Waals surface area contributed by atoms with Crippen LogP contribution in [0.5, 0.6) is 0 Å². The van der Waals surface area contributed by atoms with Crippen LogP contribution in [0.4, 0.5) is 25.5 Å². The number of nitrogens with zero attached hydrogens (tertiary/aromatic N) is 5. The summed E-state index contributed by atoms with van der Waals surface area (Å²) in [5.74, 6) is -0.0913. The second kappa shape index (κ2) is 7.47. The Hall–Kier alpha value is -2.94. The molecule has 0 aliphatic carbocycles. The van der Waals surface area contributed by atoms with Gasteiger partial charge in [0, 0.05) is 30.9 Å². The SMILES string of the molecule is Cc1cccc(F)c1N1Cc2cnc(Cl)nc2N(C2CCN(C(=O)O)CC2)C1=O. The fraction of sp³-hybridized carbons (Fsp3) is 0.368. The number of rotatable bonds is 2. The van der Waals surface area contributed by atoms with E-state index in [0.717, 1.165) is 0 Å². The van der Waals surface area contributed by atoms with E-state index >= 15 is 0 Å². The van der Waals surface area contributed by atoms with Gasteiger partial charge in [-0.2, -0.15) is 4.98 Å². The predicted molar refractivity (Wildman–Crippen MR) is 105 cm³/mol. The Labute approximate surface area is 171 Å². The molecule has 0 saturated carbocycles. The topological polar surface area (TPSA) is 89.9 Å². The average Bonchev–Trinajstić information content (AvgIpc) is 2.68. The highest BCUT2D eigenvalue weighted by Crippen LogP contribution is 2.36. The number of likely N-dealkylation sites (tertiary alicyclic amines) is 1. The Morgan fingerprint density at radius 3 is 2.69 bits per heavy atom. The molecule has 0 radical (unpaired) electrons. The number of piperidine rings is 1. The van der Waals surface area contributed by atoms with E-state index in [1.165, 1.54) is 20.8 Å². The molecule has 1 saturated heterocycles. The standard InChI is InChI=1S/C19H19ClFN5O3/c1-11-3-2-4-14(21)15(11)25-10-12-9-22-17(20)23-16(12)26(18(25)27)13-5-7-24(8-6-13)19(28)29/h2-4,9,13H,5-8,10H2,1H3,(H,28,29). The number of amides is 3. The van der Waals surface area contributed by atoms with Gasteiger partial charge in [-0.3, -0.25) is 9.80 Å². The number of carboxylic acid groups (broad SMARTS) is 1. The minimum absolute atomic E-state index is 0.0139. The zero-order valence-corrected chi connectivity index (χ0v) is 16.4. The number of carbonyl (C=O) groups is 2. The first-order chi connectivity index (χ1) is 13.9. The lowest BCUT2D eigenvalue weighted by molar-refractivity contribution is 0.132. The molecular weight excluding hydrogens is 401 g/mol. The van der Waals surface area contributed by atoms with E-state index in [0.29, 0.717) is 42.9 Å². The quantitative estimate of drug-likeness (QED) is 0.750. The minimum Gasteiger partial charge on any atom is -0.465 e.